The third kappa shape index (κ3) is 8.07. The summed E-state index contributed by atoms with van der Waals surface area (Å²) in [6.45, 7) is 14.9. The van der Waals surface area contributed by atoms with Gasteiger partial charge in [-0.1, -0.05) is 104 Å². The van der Waals surface area contributed by atoms with E-state index in [9.17, 15) is 0 Å². The average molecular weight is 425 g/mol. The summed E-state index contributed by atoms with van der Waals surface area (Å²) in [6, 6.07) is 27.4. The van der Waals surface area contributed by atoms with Crippen molar-refractivity contribution >= 4 is 11.6 Å². The van der Waals surface area contributed by atoms with Crippen molar-refractivity contribution in [2.45, 2.75) is 41.0 Å². The fourth-order valence-electron chi connectivity index (χ4n) is 3.05. The highest BCUT2D eigenvalue weighted by Crippen LogP contribution is 2.23. The van der Waals surface area contributed by atoms with Gasteiger partial charge in [0.15, 0.2) is 0 Å². The minimum atomic E-state index is 0.611. The Kier molecular flexibility index (Phi) is 10.3. The van der Waals surface area contributed by atoms with E-state index in [0.717, 1.165) is 17.7 Å². The zero-order valence-electron chi connectivity index (χ0n) is 20.2. The molecule has 0 unspecified atom stereocenters. The molecule has 0 aliphatic carbocycles. The first-order valence-electron chi connectivity index (χ1n) is 11.3. The number of rotatable bonds is 7. The van der Waals surface area contributed by atoms with Gasteiger partial charge in [-0.15, -0.1) is 0 Å². The van der Waals surface area contributed by atoms with Gasteiger partial charge < -0.3 is 4.74 Å². The molecule has 0 N–H and O–H groups in total. The van der Waals surface area contributed by atoms with Gasteiger partial charge in [0.2, 0.25) is 0 Å². The molecule has 0 amide bonds. The maximum Gasteiger partial charge on any atom is 0.106 e. The number of ether oxygens (including phenoxy) is 1. The van der Waals surface area contributed by atoms with Crippen LogP contribution in [0.4, 0.5) is 0 Å². The van der Waals surface area contributed by atoms with Crippen LogP contribution in [0.3, 0.4) is 0 Å². The standard InChI is InChI=1S/C24H28O.C7H8/c1-6-18(3)20(5)25-17-16-19(4)22-12-14-24(15-13-22)23-10-8-21(7-2)9-11-23;1-7-5-3-2-4-6-7/h7-16H,2,6,17H2,1,3-5H3;2-6H,1H3/b19-16-,20-18+;. The lowest BCUT2D eigenvalue weighted by Crippen LogP contribution is -1.93. The molecule has 1 nitrogen and oxygen atoms in total. The molecular weight excluding hydrogens is 388 g/mol. The number of aryl methyl sites for hydroxylation is 1. The molecule has 0 aromatic heterocycles. The van der Waals surface area contributed by atoms with Gasteiger partial charge >= 0.3 is 0 Å². The Bertz CT molecular complexity index is 1020. The van der Waals surface area contributed by atoms with Crippen LogP contribution in [0.2, 0.25) is 0 Å². The van der Waals surface area contributed by atoms with Crippen LogP contribution in [0.15, 0.2) is 103 Å². The summed E-state index contributed by atoms with van der Waals surface area (Å²) in [5.41, 5.74) is 8.67. The predicted octanol–water partition coefficient (Wildman–Crippen LogP) is 9.12. The van der Waals surface area contributed by atoms with E-state index in [1.807, 2.05) is 31.2 Å². The molecule has 0 fully saturated rings. The van der Waals surface area contributed by atoms with Crippen LogP contribution >= 0.6 is 0 Å². The summed E-state index contributed by atoms with van der Waals surface area (Å²) in [4.78, 5) is 0. The normalized spacial score (nSPS) is 11.7. The summed E-state index contributed by atoms with van der Waals surface area (Å²) in [5, 5.41) is 0. The molecule has 3 aromatic rings. The monoisotopic (exact) mass is 424 g/mol. The average Bonchev–Trinajstić information content (AvgIpc) is 2.84. The van der Waals surface area contributed by atoms with Crippen LogP contribution < -0.4 is 0 Å². The fourth-order valence-corrected chi connectivity index (χ4v) is 3.05. The van der Waals surface area contributed by atoms with Gasteiger partial charge in [0.05, 0.1) is 5.76 Å². The molecule has 0 heterocycles. The van der Waals surface area contributed by atoms with Crippen molar-refractivity contribution in [3.8, 4) is 11.1 Å². The SMILES string of the molecule is C=Cc1ccc(-c2ccc(/C(C)=C\CO/C(C)=C(\C)CC)cc2)cc1.Cc1ccccc1. The molecule has 32 heavy (non-hydrogen) atoms. The second-order valence-corrected chi connectivity index (χ2v) is 7.95. The molecule has 0 atom stereocenters. The Labute approximate surface area is 194 Å². The van der Waals surface area contributed by atoms with Crippen LogP contribution in [0.1, 0.15) is 50.8 Å². The summed E-state index contributed by atoms with van der Waals surface area (Å²) in [5.74, 6) is 1.03. The van der Waals surface area contributed by atoms with Crippen LogP contribution in [0, 0.1) is 6.92 Å². The molecule has 166 valence electrons. The molecule has 0 spiro atoms. The zero-order valence-corrected chi connectivity index (χ0v) is 20.2. The summed E-state index contributed by atoms with van der Waals surface area (Å²) < 4.78 is 5.80. The number of hydrogen-bond donors (Lipinski definition) is 0. The second kappa shape index (κ2) is 13.2. The molecule has 0 bridgehead atoms. The first-order valence-corrected chi connectivity index (χ1v) is 11.3. The zero-order chi connectivity index (χ0) is 23.3. The lowest BCUT2D eigenvalue weighted by Gasteiger charge is -2.09. The van der Waals surface area contributed by atoms with Gasteiger partial charge in [0.25, 0.3) is 0 Å². The molecule has 0 aliphatic rings. The van der Waals surface area contributed by atoms with E-state index >= 15 is 0 Å². The van der Waals surface area contributed by atoms with E-state index in [4.69, 9.17) is 4.74 Å². The van der Waals surface area contributed by atoms with Crippen molar-refractivity contribution in [1.82, 2.24) is 0 Å². The van der Waals surface area contributed by atoms with Crippen LogP contribution in [0.25, 0.3) is 22.8 Å². The van der Waals surface area contributed by atoms with Crippen molar-refractivity contribution in [1.29, 1.82) is 0 Å². The topological polar surface area (TPSA) is 9.23 Å². The molecule has 1 heteroatoms. The third-order valence-electron chi connectivity index (χ3n) is 5.58. The second-order valence-electron chi connectivity index (χ2n) is 7.95. The Morgan fingerprint density at radius 1 is 0.812 bits per heavy atom. The van der Waals surface area contributed by atoms with E-state index in [-0.39, 0.29) is 0 Å². The summed E-state index contributed by atoms with van der Waals surface area (Å²) in [6.07, 6.45) is 5.03. The Hall–Kier alpha value is -3.32. The first-order chi connectivity index (χ1) is 15.4. The summed E-state index contributed by atoms with van der Waals surface area (Å²) >= 11 is 0. The van der Waals surface area contributed by atoms with E-state index in [1.165, 1.54) is 33.4 Å². The number of benzene rings is 3. The van der Waals surface area contributed by atoms with E-state index in [0.29, 0.717) is 6.61 Å². The van der Waals surface area contributed by atoms with Gasteiger partial charge in [-0.3, -0.25) is 0 Å². The maximum atomic E-state index is 5.80. The van der Waals surface area contributed by atoms with E-state index in [1.54, 1.807) is 0 Å². The predicted molar refractivity (Wildman–Crippen MR) is 141 cm³/mol. The lowest BCUT2D eigenvalue weighted by atomic mass is 10.00. The highest BCUT2D eigenvalue weighted by molar-refractivity contribution is 5.70. The van der Waals surface area contributed by atoms with Crippen molar-refractivity contribution in [2.75, 3.05) is 6.61 Å². The van der Waals surface area contributed by atoms with Gasteiger partial charge in [0.1, 0.15) is 6.61 Å². The maximum absolute atomic E-state index is 5.80. The van der Waals surface area contributed by atoms with Crippen LogP contribution in [-0.4, -0.2) is 6.61 Å². The van der Waals surface area contributed by atoms with E-state index < -0.39 is 0 Å². The molecule has 0 aliphatic heterocycles. The Morgan fingerprint density at radius 3 is 1.84 bits per heavy atom. The third-order valence-corrected chi connectivity index (χ3v) is 5.58. The first kappa shape index (κ1) is 24.9. The van der Waals surface area contributed by atoms with Gasteiger partial charge in [-0.05, 0) is 73.6 Å². The Balaban J connectivity index is 0.000000439. The quantitative estimate of drug-likeness (QED) is 0.344. The lowest BCUT2D eigenvalue weighted by molar-refractivity contribution is 0.245. The molecule has 0 radical (unpaired) electrons. The van der Waals surface area contributed by atoms with Crippen LogP contribution in [-0.2, 0) is 4.74 Å². The minimum absolute atomic E-state index is 0.611. The smallest absolute Gasteiger partial charge is 0.106 e. The molecule has 0 saturated heterocycles. The van der Waals surface area contributed by atoms with Crippen molar-refractivity contribution in [3.05, 3.63) is 120 Å². The number of allylic oxidation sites excluding steroid dienone is 3. The van der Waals surface area contributed by atoms with Crippen molar-refractivity contribution in [3.63, 3.8) is 0 Å². The Morgan fingerprint density at radius 2 is 1.38 bits per heavy atom. The molecule has 3 aromatic carbocycles. The van der Waals surface area contributed by atoms with Crippen molar-refractivity contribution < 1.29 is 4.74 Å². The van der Waals surface area contributed by atoms with Gasteiger partial charge in [-0.2, -0.15) is 0 Å². The van der Waals surface area contributed by atoms with E-state index in [2.05, 4.69) is 101 Å². The molecule has 3 rings (SSSR count). The fraction of sp³-hybridized carbons (Fsp3) is 0.226. The minimum Gasteiger partial charge on any atom is -0.494 e. The van der Waals surface area contributed by atoms with Crippen molar-refractivity contribution in [2.24, 2.45) is 0 Å². The molecular formula is C31H36O. The largest absolute Gasteiger partial charge is 0.494 e. The van der Waals surface area contributed by atoms with Crippen LogP contribution in [0.5, 0.6) is 0 Å². The summed E-state index contributed by atoms with van der Waals surface area (Å²) in [7, 11) is 0. The highest BCUT2D eigenvalue weighted by Gasteiger charge is 2.00. The van der Waals surface area contributed by atoms with Gasteiger partial charge in [-0.25, -0.2) is 0 Å². The highest BCUT2D eigenvalue weighted by atomic mass is 16.5. The molecule has 0 saturated carbocycles. The number of hydrogen-bond acceptors (Lipinski definition) is 1. The van der Waals surface area contributed by atoms with Gasteiger partial charge in [0, 0.05) is 0 Å².